The average molecular weight is 391 g/mol. The van der Waals surface area contributed by atoms with E-state index in [0.29, 0.717) is 27.2 Å². The Kier molecular flexibility index (Phi) is 5.06. The first-order chi connectivity index (χ1) is 11.9. The molecule has 0 aliphatic carbocycles. The lowest BCUT2D eigenvalue weighted by molar-refractivity contribution is 0.659. The van der Waals surface area contributed by atoms with E-state index in [1.165, 1.54) is 0 Å². The SMILES string of the molecule is Cc1nn(Cc2ccc(Cl)cc2Cl)c(C)c1-c1ccc(C#N)c(Cl)c1. The van der Waals surface area contributed by atoms with Crippen molar-refractivity contribution in [3.05, 3.63) is 74.0 Å². The molecule has 0 N–H and O–H groups in total. The Bertz CT molecular complexity index is 1000. The lowest BCUT2D eigenvalue weighted by Gasteiger charge is -2.08. The number of nitrogens with zero attached hydrogens (tertiary/aromatic N) is 3. The molecule has 6 heteroatoms. The summed E-state index contributed by atoms with van der Waals surface area (Å²) in [5, 5.41) is 15.3. The molecule has 1 aromatic heterocycles. The minimum absolute atomic E-state index is 0.437. The number of rotatable bonds is 3. The highest BCUT2D eigenvalue weighted by atomic mass is 35.5. The zero-order valence-corrected chi connectivity index (χ0v) is 15.9. The Hall–Kier alpha value is -1.99. The van der Waals surface area contributed by atoms with Crippen LogP contribution in [0.4, 0.5) is 0 Å². The van der Waals surface area contributed by atoms with Gasteiger partial charge in [-0.1, -0.05) is 46.9 Å². The van der Waals surface area contributed by atoms with E-state index in [-0.39, 0.29) is 0 Å². The van der Waals surface area contributed by atoms with Gasteiger partial charge in [0.2, 0.25) is 0 Å². The van der Waals surface area contributed by atoms with Crippen molar-refractivity contribution in [2.45, 2.75) is 20.4 Å². The van der Waals surface area contributed by atoms with Crippen molar-refractivity contribution in [3.8, 4) is 17.2 Å². The standard InChI is InChI=1S/C19H14Cl3N3/c1-11-19(13-3-4-14(9-23)17(21)7-13)12(2)25(24-11)10-15-5-6-16(20)8-18(15)22/h3-8H,10H2,1-2H3. The molecule has 0 aliphatic rings. The van der Waals surface area contributed by atoms with E-state index >= 15 is 0 Å². The fourth-order valence-corrected chi connectivity index (χ4v) is 3.53. The highest BCUT2D eigenvalue weighted by molar-refractivity contribution is 6.35. The highest BCUT2D eigenvalue weighted by Gasteiger charge is 2.15. The summed E-state index contributed by atoms with van der Waals surface area (Å²) in [7, 11) is 0. The number of hydrogen-bond donors (Lipinski definition) is 0. The van der Waals surface area contributed by atoms with Gasteiger partial charge in [0.05, 0.1) is 22.8 Å². The fraction of sp³-hybridized carbons (Fsp3) is 0.158. The summed E-state index contributed by atoms with van der Waals surface area (Å²) in [4.78, 5) is 0. The van der Waals surface area contributed by atoms with Crippen LogP contribution >= 0.6 is 34.8 Å². The summed E-state index contributed by atoms with van der Waals surface area (Å²) >= 11 is 18.4. The van der Waals surface area contributed by atoms with Gasteiger partial charge in [-0.15, -0.1) is 0 Å². The maximum absolute atomic E-state index is 9.03. The lowest BCUT2D eigenvalue weighted by atomic mass is 10.0. The third kappa shape index (κ3) is 3.52. The molecule has 0 saturated heterocycles. The molecular weight excluding hydrogens is 377 g/mol. The highest BCUT2D eigenvalue weighted by Crippen LogP contribution is 2.31. The van der Waals surface area contributed by atoms with Gasteiger partial charge in [-0.3, -0.25) is 4.68 Å². The number of halogens is 3. The van der Waals surface area contributed by atoms with E-state index in [1.807, 2.05) is 36.7 Å². The first kappa shape index (κ1) is 17.8. The summed E-state index contributed by atoms with van der Waals surface area (Å²) < 4.78 is 1.91. The van der Waals surface area contributed by atoms with Crippen LogP contribution in [0.2, 0.25) is 15.1 Å². The number of aromatic nitrogens is 2. The Morgan fingerprint density at radius 2 is 1.80 bits per heavy atom. The summed E-state index contributed by atoms with van der Waals surface area (Å²) in [6.07, 6.45) is 0. The largest absolute Gasteiger partial charge is 0.264 e. The smallest absolute Gasteiger partial charge is 0.101 e. The minimum Gasteiger partial charge on any atom is -0.264 e. The van der Waals surface area contributed by atoms with Gasteiger partial charge in [-0.25, -0.2) is 0 Å². The van der Waals surface area contributed by atoms with E-state index in [9.17, 15) is 0 Å². The molecule has 0 saturated carbocycles. The number of aryl methyl sites for hydroxylation is 1. The van der Waals surface area contributed by atoms with E-state index < -0.39 is 0 Å². The molecule has 126 valence electrons. The van der Waals surface area contributed by atoms with Crippen LogP contribution in [0, 0.1) is 25.2 Å². The monoisotopic (exact) mass is 389 g/mol. The molecular formula is C19H14Cl3N3. The first-order valence-corrected chi connectivity index (χ1v) is 8.72. The molecule has 3 aromatic rings. The van der Waals surface area contributed by atoms with Gasteiger partial charge in [0.15, 0.2) is 0 Å². The zero-order valence-electron chi connectivity index (χ0n) is 13.6. The number of nitriles is 1. The number of benzene rings is 2. The molecule has 0 spiro atoms. The predicted molar refractivity (Wildman–Crippen MR) is 102 cm³/mol. The molecule has 3 nitrogen and oxygen atoms in total. The second-order valence-corrected chi connectivity index (χ2v) is 7.00. The summed E-state index contributed by atoms with van der Waals surface area (Å²) in [6.45, 7) is 4.51. The Morgan fingerprint density at radius 3 is 2.44 bits per heavy atom. The third-order valence-corrected chi connectivity index (χ3v) is 4.99. The Morgan fingerprint density at radius 1 is 1.04 bits per heavy atom. The second-order valence-electron chi connectivity index (χ2n) is 5.75. The lowest BCUT2D eigenvalue weighted by Crippen LogP contribution is -2.04. The normalized spacial score (nSPS) is 10.7. The van der Waals surface area contributed by atoms with Crippen LogP contribution in [0.1, 0.15) is 22.5 Å². The van der Waals surface area contributed by atoms with Gasteiger partial charge in [0.25, 0.3) is 0 Å². The van der Waals surface area contributed by atoms with Crippen LogP contribution in [0.15, 0.2) is 36.4 Å². The van der Waals surface area contributed by atoms with Gasteiger partial charge in [-0.2, -0.15) is 10.4 Å². The van der Waals surface area contributed by atoms with Gasteiger partial charge in [0, 0.05) is 21.3 Å². The van der Waals surface area contributed by atoms with Gasteiger partial charge >= 0.3 is 0 Å². The molecule has 0 unspecified atom stereocenters. The minimum atomic E-state index is 0.437. The van der Waals surface area contributed by atoms with Gasteiger partial charge < -0.3 is 0 Å². The van der Waals surface area contributed by atoms with Crippen molar-refractivity contribution < 1.29 is 0 Å². The molecule has 0 fully saturated rings. The average Bonchev–Trinajstić information content (AvgIpc) is 2.84. The quantitative estimate of drug-likeness (QED) is 0.546. The predicted octanol–water partition coefficient (Wildman–Crippen LogP) is 6.05. The Balaban J connectivity index is 2.01. The van der Waals surface area contributed by atoms with Crippen LogP contribution < -0.4 is 0 Å². The third-order valence-electron chi connectivity index (χ3n) is 4.09. The van der Waals surface area contributed by atoms with Crippen LogP contribution in [-0.4, -0.2) is 9.78 Å². The first-order valence-electron chi connectivity index (χ1n) is 7.58. The van der Waals surface area contributed by atoms with Crippen LogP contribution in [0.3, 0.4) is 0 Å². The Labute approximate surface area is 161 Å². The molecule has 0 amide bonds. The molecule has 0 atom stereocenters. The fourth-order valence-electron chi connectivity index (χ4n) is 2.84. The van der Waals surface area contributed by atoms with Crippen molar-refractivity contribution in [1.82, 2.24) is 9.78 Å². The topological polar surface area (TPSA) is 41.6 Å². The van der Waals surface area contributed by atoms with E-state index in [0.717, 1.165) is 28.1 Å². The summed E-state index contributed by atoms with van der Waals surface area (Å²) in [5.41, 5.74) is 5.25. The van der Waals surface area contributed by atoms with E-state index in [1.54, 1.807) is 18.2 Å². The van der Waals surface area contributed by atoms with Gasteiger partial charge in [-0.05, 0) is 49.2 Å². The zero-order chi connectivity index (χ0) is 18.1. The summed E-state index contributed by atoms with van der Waals surface area (Å²) in [5.74, 6) is 0. The van der Waals surface area contributed by atoms with Crippen LogP contribution in [-0.2, 0) is 6.54 Å². The van der Waals surface area contributed by atoms with Crippen LogP contribution in [0.25, 0.3) is 11.1 Å². The van der Waals surface area contributed by atoms with Crippen molar-refractivity contribution in [3.63, 3.8) is 0 Å². The molecule has 0 aliphatic heterocycles. The molecule has 25 heavy (non-hydrogen) atoms. The summed E-state index contributed by atoms with van der Waals surface area (Å²) in [6, 6.07) is 12.9. The van der Waals surface area contributed by atoms with E-state index in [2.05, 4.69) is 11.2 Å². The van der Waals surface area contributed by atoms with Gasteiger partial charge in [0.1, 0.15) is 6.07 Å². The van der Waals surface area contributed by atoms with E-state index in [4.69, 9.17) is 40.1 Å². The molecule has 3 rings (SSSR count). The van der Waals surface area contributed by atoms with Crippen molar-refractivity contribution in [2.24, 2.45) is 0 Å². The maximum atomic E-state index is 9.03. The maximum Gasteiger partial charge on any atom is 0.101 e. The van der Waals surface area contributed by atoms with Crippen molar-refractivity contribution in [1.29, 1.82) is 5.26 Å². The van der Waals surface area contributed by atoms with Crippen molar-refractivity contribution in [2.75, 3.05) is 0 Å². The van der Waals surface area contributed by atoms with Crippen molar-refractivity contribution >= 4 is 34.8 Å². The second kappa shape index (κ2) is 7.09. The van der Waals surface area contributed by atoms with Crippen LogP contribution in [0.5, 0.6) is 0 Å². The number of hydrogen-bond acceptors (Lipinski definition) is 2. The molecule has 1 heterocycles. The molecule has 0 radical (unpaired) electrons. The molecule has 0 bridgehead atoms. The molecule has 2 aromatic carbocycles.